The average Bonchev–Trinajstić information content (AvgIpc) is 2.65. The summed E-state index contributed by atoms with van der Waals surface area (Å²) < 4.78 is 0. The second-order valence-electron chi connectivity index (χ2n) is 6.90. The van der Waals surface area contributed by atoms with Crippen molar-refractivity contribution in [3.8, 4) is 0 Å². The van der Waals surface area contributed by atoms with Crippen LogP contribution in [-0.2, 0) is 0 Å². The van der Waals surface area contributed by atoms with Crippen molar-refractivity contribution in [2.45, 2.75) is 51.6 Å². The summed E-state index contributed by atoms with van der Waals surface area (Å²) in [7, 11) is 0. The molecule has 0 aliphatic rings. The topological polar surface area (TPSA) is 24.1 Å². The highest BCUT2D eigenvalue weighted by Gasteiger charge is 2.27. The fourth-order valence-electron chi connectivity index (χ4n) is 3.19. The monoisotopic (exact) mass is 532 g/mol. The molecule has 2 aromatic rings. The first kappa shape index (κ1) is 30.1. The van der Waals surface area contributed by atoms with Gasteiger partial charge >= 0.3 is 0 Å². The number of hydrogen-bond donors (Lipinski definition) is 2. The van der Waals surface area contributed by atoms with E-state index in [1.165, 1.54) is 0 Å². The summed E-state index contributed by atoms with van der Waals surface area (Å²) in [4.78, 5) is 0. The van der Waals surface area contributed by atoms with Crippen molar-refractivity contribution in [2.24, 2.45) is 0 Å². The predicted octanol–water partition coefficient (Wildman–Crippen LogP) is 8.71. The normalized spacial score (nSPS) is 12.6. The second-order valence-corrected chi connectivity index (χ2v) is 8.59. The van der Waals surface area contributed by atoms with Crippen molar-refractivity contribution in [3.63, 3.8) is 0 Å². The highest BCUT2D eigenvalue weighted by Crippen LogP contribution is 2.37. The molecule has 0 aliphatic heterocycles. The van der Waals surface area contributed by atoms with E-state index < -0.39 is 0 Å². The Balaban J connectivity index is 0.00000420. The van der Waals surface area contributed by atoms with E-state index in [2.05, 4.69) is 24.5 Å². The molecule has 0 aliphatic carbocycles. The first-order valence-corrected chi connectivity index (χ1v) is 11.4. The third-order valence-electron chi connectivity index (χ3n) is 4.72. The molecule has 2 unspecified atom stereocenters. The van der Waals surface area contributed by atoms with Crippen LogP contribution >= 0.6 is 71.2 Å². The van der Waals surface area contributed by atoms with Crippen molar-refractivity contribution in [3.05, 3.63) is 67.6 Å². The quantitative estimate of drug-likeness (QED) is 0.282. The zero-order valence-corrected chi connectivity index (χ0v) is 21.8. The molecule has 0 saturated carbocycles. The van der Waals surface area contributed by atoms with Crippen LogP contribution in [0.5, 0.6) is 0 Å². The van der Waals surface area contributed by atoms with Gasteiger partial charge in [0.25, 0.3) is 0 Å². The summed E-state index contributed by atoms with van der Waals surface area (Å²) in [5.41, 5.74) is 2.00. The Labute approximate surface area is 213 Å². The Bertz CT molecular complexity index is 693. The van der Waals surface area contributed by atoms with Crippen LogP contribution in [0.15, 0.2) is 36.4 Å². The van der Waals surface area contributed by atoms with E-state index in [1.54, 1.807) is 12.1 Å². The number of nitrogens with one attached hydrogen (secondary N) is 2. The van der Waals surface area contributed by atoms with Crippen molar-refractivity contribution in [1.82, 2.24) is 10.6 Å². The molecular weight excluding hydrogens is 505 g/mol. The van der Waals surface area contributed by atoms with Gasteiger partial charge in [-0.05, 0) is 61.3 Å². The van der Waals surface area contributed by atoms with E-state index in [0.717, 1.165) is 49.9 Å². The van der Waals surface area contributed by atoms with Crippen molar-refractivity contribution in [2.75, 3.05) is 13.1 Å². The molecule has 170 valence electrons. The molecule has 0 radical (unpaired) electrons. The van der Waals surface area contributed by atoms with Gasteiger partial charge in [0.1, 0.15) is 0 Å². The second kappa shape index (κ2) is 15.8. The van der Waals surface area contributed by atoms with E-state index in [1.807, 2.05) is 24.3 Å². The van der Waals surface area contributed by atoms with Crippen LogP contribution in [-0.4, -0.2) is 13.1 Å². The summed E-state index contributed by atoms with van der Waals surface area (Å²) in [5.74, 6) is 0. The van der Waals surface area contributed by atoms with Gasteiger partial charge in [-0.15, -0.1) is 24.8 Å². The Morgan fingerprint density at radius 3 is 1.33 bits per heavy atom. The Morgan fingerprint density at radius 1 is 0.667 bits per heavy atom. The standard InChI is InChI=1S/C22H28Cl4N2.2ClH/c1-3-5-11-27-21(17-9-7-15(23)13-19(17)25)22(28-12-6-4-2)18-10-8-16(24)14-20(18)26;;/h7-10,13-14,21-22,27-28H,3-6,11-12H2,1-2H3;2*1H. The lowest BCUT2D eigenvalue weighted by Gasteiger charge is -2.31. The smallest absolute Gasteiger partial charge is 0.0533 e. The minimum absolute atomic E-state index is 0. The summed E-state index contributed by atoms with van der Waals surface area (Å²) in [6.45, 7) is 6.13. The zero-order chi connectivity index (χ0) is 20.5. The van der Waals surface area contributed by atoms with Crippen LogP contribution in [0.2, 0.25) is 20.1 Å². The summed E-state index contributed by atoms with van der Waals surface area (Å²) in [6, 6.07) is 11.2. The van der Waals surface area contributed by atoms with Crippen LogP contribution in [0.3, 0.4) is 0 Å². The lowest BCUT2D eigenvalue weighted by molar-refractivity contribution is 0.380. The molecule has 2 N–H and O–H groups in total. The van der Waals surface area contributed by atoms with E-state index in [9.17, 15) is 0 Å². The molecule has 0 spiro atoms. The first-order chi connectivity index (χ1) is 13.5. The number of hydrogen-bond acceptors (Lipinski definition) is 2. The van der Waals surface area contributed by atoms with Crippen molar-refractivity contribution < 1.29 is 0 Å². The Hall–Kier alpha value is 0.1000. The molecule has 0 aromatic heterocycles. The minimum atomic E-state index is -0.0492. The van der Waals surface area contributed by atoms with E-state index >= 15 is 0 Å². The molecule has 2 atom stereocenters. The lowest BCUT2D eigenvalue weighted by Crippen LogP contribution is -2.36. The van der Waals surface area contributed by atoms with Gasteiger partial charge in [-0.3, -0.25) is 0 Å². The van der Waals surface area contributed by atoms with Gasteiger partial charge in [0.05, 0.1) is 12.1 Å². The third kappa shape index (κ3) is 8.92. The molecular formula is C22H30Cl6N2. The van der Waals surface area contributed by atoms with E-state index in [4.69, 9.17) is 46.4 Å². The highest BCUT2D eigenvalue weighted by molar-refractivity contribution is 6.35. The maximum atomic E-state index is 6.59. The van der Waals surface area contributed by atoms with Gasteiger partial charge in [0.2, 0.25) is 0 Å². The average molecular weight is 535 g/mol. The van der Waals surface area contributed by atoms with Crippen molar-refractivity contribution in [1.29, 1.82) is 0 Å². The van der Waals surface area contributed by atoms with Crippen LogP contribution in [0.25, 0.3) is 0 Å². The number of unbranched alkanes of at least 4 members (excludes halogenated alkanes) is 2. The maximum Gasteiger partial charge on any atom is 0.0533 e. The fraction of sp³-hybridized carbons (Fsp3) is 0.455. The zero-order valence-electron chi connectivity index (χ0n) is 17.2. The fourth-order valence-corrected chi connectivity index (χ4v) is 4.24. The Morgan fingerprint density at radius 2 is 1.03 bits per heavy atom. The molecule has 0 saturated heterocycles. The number of rotatable bonds is 11. The molecule has 0 amide bonds. The molecule has 2 nitrogen and oxygen atoms in total. The number of halogens is 6. The van der Waals surface area contributed by atoms with Gasteiger partial charge < -0.3 is 10.6 Å². The highest BCUT2D eigenvalue weighted by atomic mass is 35.5. The Kier molecular flexibility index (Phi) is 15.9. The van der Waals surface area contributed by atoms with Gasteiger partial charge in [0, 0.05) is 20.1 Å². The van der Waals surface area contributed by atoms with Crippen LogP contribution in [0.1, 0.15) is 62.7 Å². The SMILES string of the molecule is CCCCNC(c1ccc(Cl)cc1Cl)C(NCCCC)c1ccc(Cl)cc1Cl.Cl.Cl. The molecule has 0 heterocycles. The summed E-state index contributed by atoms with van der Waals surface area (Å²) >= 11 is 25.4. The van der Waals surface area contributed by atoms with E-state index in [0.29, 0.717) is 20.1 Å². The molecule has 30 heavy (non-hydrogen) atoms. The first-order valence-electron chi connectivity index (χ1n) is 9.84. The van der Waals surface area contributed by atoms with Crippen LogP contribution in [0, 0.1) is 0 Å². The van der Waals surface area contributed by atoms with Gasteiger partial charge in [-0.25, -0.2) is 0 Å². The molecule has 2 rings (SSSR count). The lowest BCUT2D eigenvalue weighted by atomic mass is 9.92. The minimum Gasteiger partial charge on any atom is -0.308 e. The molecule has 2 aromatic carbocycles. The molecule has 0 bridgehead atoms. The summed E-state index contributed by atoms with van der Waals surface area (Å²) in [6.07, 6.45) is 4.39. The third-order valence-corrected chi connectivity index (χ3v) is 5.84. The number of benzene rings is 2. The largest absolute Gasteiger partial charge is 0.308 e. The van der Waals surface area contributed by atoms with Gasteiger partial charge in [-0.1, -0.05) is 85.2 Å². The van der Waals surface area contributed by atoms with Crippen LogP contribution in [0.4, 0.5) is 0 Å². The summed E-state index contributed by atoms with van der Waals surface area (Å²) in [5, 5.41) is 9.91. The van der Waals surface area contributed by atoms with Gasteiger partial charge in [0.15, 0.2) is 0 Å². The van der Waals surface area contributed by atoms with E-state index in [-0.39, 0.29) is 36.9 Å². The van der Waals surface area contributed by atoms with Gasteiger partial charge in [-0.2, -0.15) is 0 Å². The predicted molar refractivity (Wildman–Crippen MR) is 139 cm³/mol. The molecule has 8 heteroatoms. The van der Waals surface area contributed by atoms with Crippen LogP contribution < -0.4 is 10.6 Å². The molecule has 0 fully saturated rings. The van der Waals surface area contributed by atoms with Crippen molar-refractivity contribution >= 4 is 71.2 Å². The maximum absolute atomic E-state index is 6.59.